The summed E-state index contributed by atoms with van der Waals surface area (Å²) in [6, 6.07) is 0. The second kappa shape index (κ2) is 6.20. The molecule has 0 radical (unpaired) electrons. The highest BCUT2D eigenvalue weighted by molar-refractivity contribution is 7.09. The molecule has 0 spiro atoms. The Labute approximate surface area is 94.9 Å². The van der Waals surface area contributed by atoms with Crippen LogP contribution in [0.15, 0.2) is 11.7 Å². The maximum Gasteiger partial charge on any atom is 0.0825 e. The molecule has 0 aliphatic carbocycles. The molecule has 1 fully saturated rings. The van der Waals surface area contributed by atoms with Gasteiger partial charge in [0.05, 0.1) is 17.0 Å². The Balaban J connectivity index is 1.54. The Morgan fingerprint density at radius 3 is 3.33 bits per heavy atom. The molecular formula is C11H18N2OS. The van der Waals surface area contributed by atoms with Crippen LogP contribution < -0.4 is 5.32 Å². The lowest BCUT2D eigenvalue weighted by Gasteiger charge is -2.22. The molecule has 1 N–H and O–H groups in total. The van der Waals surface area contributed by atoms with Crippen molar-refractivity contribution in [2.24, 2.45) is 5.92 Å². The third kappa shape index (κ3) is 3.89. The van der Waals surface area contributed by atoms with E-state index in [1.165, 1.54) is 37.2 Å². The highest BCUT2D eigenvalue weighted by atomic mass is 32.1. The van der Waals surface area contributed by atoms with Crippen molar-refractivity contribution in [3.63, 3.8) is 0 Å². The second-order valence-electron chi connectivity index (χ2n) is 4.02. The van der Waals surface area contributed by atoms with Gasteiger partial charge in [0.1, 0.15) is 0 Å². The topological polar surface area (TPSA) is 34.1 Å². The molecule has 0 amide bonds. The lowest BCUT2D eigenvalue weighted by molar-refractivity contribution is 0.105. The van der Waals surface area contributed by atoms with E-state index in [2.05, 4.69) is 10.3 Å². The van der Waals surface area contributed by atoms with E-state index in [1.807, 2.05) is 11.7 Å². The third-order valence-electron chi connectivity index (χ3n) is 2.80. The first-order valence-electron chi connectivity index (χ1n) is 5.61. The van der Waals surface area contributed by atoms with E-state index in [1.54, 1.807) is 11.3 Å². The van der Waals surface area contributed by atoms with Crippen molar-refractivity contribution in [2.45, 2.75) is 25.9 Å². The first-order valence-corrected chi connectivity index (χ1v) is 6.49. The zero-order chi connectivity index (χ0) is 10.3. The number of nitrogens with one attached hydrogen (secondary N) is 1. The Morgan fingerprint density at radius 2 is 2.60 bits per heavy atom. The van der Waals surface area contributed by atoms with Gasteiger partial charge in [-0.25, -0.2) is 0 Å². The lowest BCUT2D eigenvalue weighted by Crippen LogP contribution is -2.30. The van der Waals surface area contributed by atoms with Crippen LogP contribution in [0.3, 0.4) is 0 Å². The number of ether oxygens (including phenoxy) is 1. The Morgan fingerprint density at radius 1 is 1.60 bits per heavy atom. The average molecular weight is 226 g/mol. The molecule has 1 aliphatic heterocycles. The molecule has 1 aromatic heterocycles. The highest BCUT2D eigenvalue weighted by Crippen LogP contribution is 2.14. The summed E-state index contributed by atoms with van der Waals surface area (Å²) in [5.41, 5.74) is 1.85. The van der Waals surface area contributed by atoms with Crippen LogP contribution in [0.1, 0.15) is 24.1 Å². The quantitative estimate of drug-likeness (QED) is 0.780. The van der Waals surface area contributed by atoms with Crippen LogP contribution in [0.5, 0.6) is 0 Å². The minimum Gasteiger partial charge on any atom is -0.376 e. The highest BCUT2D eigenvalue weighted by Gasteiger charge is 2.12. The van der Waals surface area contributed by atoms with Crippen LogP contribution in [-0.4, -0.2) is 24.7 Å². The number of hydrogen-bond acceptors (Lipinski definition) is 4. The van der Waals surface area contributed by atoms with E-state index >= 15 is 0 Å². The minimum atomic E-state index is 0.727. The summed E-state index contributed by atoms with van der Waals surface area (Å²) >= 11 is 1.66. The molecule has 0 aromatic carbocycles. The predicted molar refractivity (Wildman–Crippen MR) is 62.0 cm³/mol. The Hall–Kier alpha value is -0.450. The molecule has 2 heterocycles. The van der Waals surface area contributed by atoms with Gasteiger partial charge in [-0.2, -0.15) is 0 Å². The smallest absolute Gasteiger partial charge is 0.0825 e. The van der Waals surface area contributed by atoms with Crippen LogP contribution in [0.4, 0.5) is 0 Å². The van der Waals surface area contributed by atoms with Crippen LogP contribution in [0.2, 0.25) is 0 Å². The van der Waals surface area contributed by atoms with Gasteiger partial charge in [-0.3, -0.25) is 4.98 Å². The van der Waals surface area contributed by atoms with Crippen LogP contribution in [-0.2, 0) is 11.3 Å². The zero-order valence-electron chi connectivity index (χ0n) is 8.95. The van der Waals surface area contributed by atoms with Crippen LogP contribution >= 0.6 is 11.3 Å². The maximum absolute atomic E-state index is 5.62. The molecule has 4 heteroatoms. The van der Waals surface area contributed by atoms with Gasteiger partial charge in [0.15, 0.2) is 0 Å². The summed E-state index contributed by atoms with van der Waals surface area (Å²) in [7, 11) is 0. The van der Waals surface area contributed by atoms with E-state index in [4.69, 9.17) is 4.74 Å². The second-order valence-corrected chi connectivity index (χ2v) is 4.99. The standard InChI is InChI=1S/C11H18N2OS/c1-2-10(6-12-4-1)3-5-14-8-11-7-13-9-15-11/h7,9-10,12H,1-6,8H2/t10-/m1/s1. The van der Waals surface area contributed by atoms with E-state index in [0.717, 1.165) is 19.1 Å². The Kier molecular flexibility index (Phi) is 4.57. The summed E-state index contributed by atoms with van der Waals surface area (Å²) in [5, 5.41) is 3.43. The maximum atomic E-state index is 5.62. The molecule has 2 rings (SSSR count). The van der Waals surface area contributed by atoms with Gasteiger partial charge in [-0.1, -0.05) is 0 Å². The third-order valence-corrected chi connectivity index (χ3v) is 3.55. The van der Waals surface area contributed by atoms with Crippen molar-refractivity contribution in [3.8, 4) is 0 Å². The van der Waals surface area contributed by atoms with Gasteiger partial charge in [0.2, 0.25) is 0 Å². The summed E-state index contributed by atoms with van der Waals surface area (Å²) in [6.45, 7) is 3.97. The number of hydrogen-bond donors (Lipinski definition) is 1. The van der Waals surface area contributed by atoms with E-state index in [0.29, 0.717) is 0 Å². The van der Waals surface area contributed by atoms with Gasteiger partial charge in [-0.05, 0) is 38.3 Å². The van der Waals surface area contributed by atoms with Crippen molar-refractivity contribution in [1.82, 2.24) is 10.3 Å². The number of thiazole rings is 1. The molecule has 84 valence electrons. The number of piperidine rings is 1. The largest absolute Gasteiger partial charge is 0.376 e. The fourth-order valence-electron chi connectivity index (χ4n) is 1.91. The van der Waals surface area contributed by atoms with Crippen molar-refractivity contribution >= 4 is 11.3 Å². The minimum absolute atomic E-state index is 0.727. The van der Waals surface area contributed by atoms with Gasteiger partial charge < -0.3 is 10.1 Å². The lowest BCUT2D eigenvalue weighted by atomic mass is 9.97. The molecule has 1 atom stereocenters. The average Bonchev–Trinajstić information content (AvgIpc) is 2.79. The van der Waals surface area contributed by atoms with Crippen molar-refractivity contribution in [1.29, 1.82) is 0 Å². The van der Waals surface area contributed by atoms with E-state index < -0.39 is 0 Å². The first kappa shape index (κ1) is 11.0. The molecule has 1 aromatic rings. The molecule has 1 saturated heterocycles. The van der Waals surface area contributed by atoms with E-state index in [9.17, 15) is 0 Å². The number of aromatic nitrogens is 1. The molecule has 15 heavy (non-hydrogen) atoms. The van der Waals surface area contributed by atoms with Crippen molar-refractivity contribution in [2.75, 3.05) is 19.7 Å². The molecule has 0 bridgehead atoms. The van der Waals surface area contributed by atoms with Crippen LogP contribution in [0, 0.1) is 5.92 Å². The summed E-state index contributed by atoms with van der Waals surface area (Å²) in [6.07, 6.45) is 5.75. The van der Waals surface area contributed by atoms with Crippen LogP contribution in [0.25, 0.3) is 0 Å². The molecule has 0 saturated carbocycles. The Bertz CT molecular complexity index is 258. The molecule has 3 nitrogen and oxygen atoms in total. The van der Waals surface area contributed by atoms with Gasteiger partial charge in [-0.15, -0.1) is 11.3 Å². The van der Waals surface area contributed by atoms with Gasteiger partial charge in [0, 0.05) is 12.8 Å². The zero-order valence-corrected chi connectivity index (χ0v) is 9.76. The monoisotopic (exact) mass is 226 g/mol. The van der Waals surface area contributed by atoms with Gasteiger partial charge >= 0.3 is 0 Å². The number of rotatable bonds is 5. The molecule has 0 unspecified atom stereocenters. The predicted octanol–water partition coefficient (Wildman–Crippen LogP) is 2.05. The first-order chi connectivity index (χ1) is 7.45. The van der Waals surface area contributed by atoms with Crippen molar-refractivity contribution < 1.29 is 4.74 Å². The van der Waals surface area contributed by atoms with E-state index in [-0.39, 0.29) is 0 Å². The number of nitrogens with zero attached hydrogens (tertiary/aromatic N) is 1. The summed E-state index contributed by atoms with van der Waals surface area (Å²) in [5.74, 6) is 0.820. The van der Waals surface area contributed by atoms with Gasteiger partial charge in [0.25, 0.3) is 0 Å². The molecule has 1 aliphatic rings. The van der Waals surface area contributed by atoms with Crippen molar-refractivity contribution in [3.05, 3.63) is 16.6 Å². The SMILES string of the molecule is c1ncc(COCC[C@H]2CCCNC2)s1. The fourth-order valence-corrected chi connectivity index (χ4v) is 2.44. The summed E-state index contributed by atoms with van der Waals surface area (Å²) < 4.78 is 5.62. The fraction of sp³-hybridized carbons (Fsp3) is 0.727. The summed E-state index contributed by atoms with van der Waals surface area (Å²) in [4.78, 5) is 5.24. The normalized spacial score (nSPS) is 21.7. The molecular weight excluding hydrogens is 208 g/mol.